The predicted molar refractivity (Wildman–Crippen MR) is 236 cm³/mol. The smallest absolute Gasteiger partial charge is 0.293 e. The van der Waals surface area contributed by atoms with Crippen LogP contribution in [0.25, 0.3) is 11.1 Å². The van der Waals surface area contributed by atoms with Crippen LogP contribution >= 0.6 is 23.4 Å². The van der Waals surface area contributed by atoms with Crippen LogP contribution in [0.4, 0.5) is 17.1 Å². The van der Waals surface area contributed by atoms with Crippen LogP contribution in [0.5, 0.6) is 0 Å². The minimum atomic E-state index is -4.44. The van der Waals surface area contributed by atoms with Gasteiger partial charge >= 0.3 is 0 Å². The molecule has 0 aliphatic carbocycles. The number of benzene rings is 5. The number of nitro benzene ring substituents is 1. The van der Waals surface area contributed by atoms with E-state index in [0.29, 0.717) is 23.7 Å². The van der Waals surface area contributed by atoms with Crippen molar-refractivity contribution in [3.05, 3.63) is 148 Å². The molecule has 0 aromatic heterocycles. The molecule has 0 spiro atoms. The molecule has 1 aliphatic heterocycles. The topological polar surface area (TPSA) is 137 Å². The number of amides is 1. The molecular weight excluding hydrogens is 792 g/mol. The molecule has 58 heavy (non-hydrogen) atoms. The molecule has 1 fully saturated rings. The summed E-state index contributed by atoms with van der Waals surface area (Å²) in [6.45, 7) is 11.0. The Balaban J connectivity index is 1.06. The largest absolute Gasteiger partial charge is 0.376 e. The number of carbonyl (C=O) groups is 1. The molecule has 0 bridgehead atoms. The Hall–Kier alpha value is -4.92. The third kappa shape index (κ3) is 11.8. The molecule has 1 atom stereocenters. The Kier molecular flexibility index (Phi) is 14.1. The molecule has 1 heterocycles. The Labute approximate surface area is 350 Å². The lowest BCUT2D eigenvalue weighted by Crippen LogP contribution is -2.46. The van der Waals surface area contributed by atoms with E-state index in [9.17, 15) is 23.3 Å². The number of halogens is 1. The maximum atomic E-state index is 13.4. The molecule has 0 radical (unpaired) electrons. The van der Waals surface area contributed by atoms with Crippen molar-refractivity contribution in [3.63, 3.8) is 0 Å². The maximum absolute atomic E-state index is 13.4. The molecule has 5 aromatic rings. The van der Waals surface area contributed by atoms with Crippen LogP contribution in [-0.4, -0.2) is 74.2 Å². The fourth-order valence-electron chi connectivity index (χ4n) is 6.74. The quantitative estimate of drug-likeness (QED) is 0.0503. The van der Waals surface area contributed by atoms with E-state index < -0.39 is 26.5 Å². The Morgan fingerprint density at radius 1 is 0.879 bits per heavy atom. The summed E-state index contributed by atoms with van der Waals surface area (Å²) < 4.78 is 28.9. The normalized spacial score (nSPS) is 14.2. The van der Waals surface area contributed by atoms with Crippen LogP contribution < -0.4 is 20.3 Å². The highest BCUT2D eigenvalue weighted by Gasteiger charge is 2.26. The summed E-state index contributed by atoms with van der Waals surface area (Å²) in [6, 6.07) is 36.4. The molecule has 1 aliphatic rings. The van der Waals surface area contributed by atoms with E-state index in [1.54, 1.807) is 23.9 Å². The molecule has 1 amide bonds. The Morgan fingerprint density at radius 3 is 2.22 bits per heavy atom. The third-order valence-corrected chi connectivity index (χ3v) is 12.6. The number of carbonyl (C=O) groups excluding carboxylic acids is 1. The lowest BCUT2D eigenvalue weighted by atomic mass is 9.99. The van der Waals surface area contributed by atoms with E-state index in [1.807, 2.05) is 72.8 Å². The summed E-state index contributed by atoms with van der Waals surface area (Å²) in [5.41, 5.74) is 4.33. The highest BCUT2D eigenvalue weighted by molar-refractivity contribution is 7.99. The van der Waals surface area contributed by atoms with Crippen molar-refractivity contribution in [1.82, 2.24) is 14.9 Å². The number of anilines is 2. The van der Waals surface area contributed by atoms with Crippen molar-refractivity contribution in [2.75, 3.05) is 48.7 Å². The van der Waals surface area contributed by atoms with Gasteiger partial charge in [-0.1, -0.05) is 66.2 Å². The van der Waals surface area contributed by atoms with Gasteiger partial charge in [-0.3, -0.25) is 19.8 Å². The van der Waals surface area contributed by atoms with Crippen LogP contribution in [0, 0.1) is 10.1 Å². The molecule has 1 saturated heterocycles. The van der Waals surface area contributed by atoms with E-state index >= 15 is 0 Å². The predicted octanol–water partition coefficient (Wildman–Crippen LogP) is 8.71. The summed E-state index contributed by atoms with van der Waals surface area (Å²) in [6.07, 6.45) is 0.667. The van der Waals surface area contributed by atoms with Crippen molar-refractivity contribution < 1.29 is 18.1 Å². The van der Waals surface area contributed by atoms with Crippen LogP contribution in [-0.2, 0) is 16.6 Å². The van der Waals surface area contributed by atoms with Crippen LogP contribution in [0.2, 0.25) is 5.02 Å². The van der Waals surface area contributed by atoms with Gasteiger partial charge in [0.2, 0.25) is 0 Å². The zero-order valence-electron chi connectivity index (χ0n) is 32.9. The van der Waals surface area contributed by atoms with E-state index in [-0.39, 0.29) is 27.7 Å². The van der Waals surface area contributed by atoms with Crippen LogP contribution in [0.3, 0.4) is 0 Å². The zero-order chi connectivity index (χ0) is 41.3. The number of hydrogen-bond donors (Lipinski definition) is 3. The number of thioether (sulfide) groups is 1. The van der Waals surface area contributed by atoms with Crippen LogP contribution in [0.15, 0.2) is 131 Å². The molecule has 304 valence electrons. The van der Waals surface area contributed by atoms with E-state index in [2.05, 4.69) is 64.1 Å². The fourth-order valence-corrected chi connectivity index (χ4v) is 8.85. The van der Waals surface area contributed by atoms with Gasteiger partial charge in [-0.25, -0.2) is 13.1 Å². The summed E-state index contributed by atoms with van der Waals surface area (Å²) in [5, 5.41) is 19.7. The number of rotatable bonds is 16. The molecule has 11 nitrogen and oxygen atoms in total. The molecule has 5 aromatic carbocycles. The first kappa shape index (κ1) is 42.7. The molecule has 3 N–H and O–H groups in total. The van der Waals surface area contributed by atoms with Gasteiger partial charge in [-0.05, 0) is 111 Å². The van der Waals surface area contributed by atoms with E-state index in [1.165, 1.54) is 23.3 Å². The van der Waals surface area contributed by atoms with Crippen LogP contribution in [0.1, 0.15) is 43.1 Å². The Bertz CT molecular complexity index is 2280. The highest BCUT2D eigenvalue weighted by Crippen LogP contribution is 2.31. The van der Waals surface area contributed by atoms with Gasteiger partial charge in [-0.2, -0.15) is 0 Å². The standard InChI is InChI=1S/C44H49ClN6O5S2/c1-44(2,3)46-24-23-36(31-57-38-10-5-4-6-11-38)47-41-22-21-39(29-42(41)51(53)54)58(55,56)48-43(52)33-15-19-37(20-16-33)50-27-25-49(26-28-50)30-34-9-7-8-12-40(34)32-13-17-35(45)18-14-32/h4-22,29,36,46-47H,23-28,30-31H2,1-3H3,(H,48,52)/t36-/m1/s1. The van der Waals surface area contributed by atoms with Gasteiger partial charge in [0, 0.05) is 77.3 Å². The van der Waals surface area contributed by atoms with E-state index in [4.69, 9.17) is 11.6 Å². The molecular formula is C44H49ClN6O5S2. The van der Waals surface area contributed by atoms with Gasteiger partial charge in [0.25, 0.3) is 21.6 Å². The average molecular weight is 842 g/mol. The van der Waals surface area contributed by atoms with Gasteiger partial charge in [0.05, 0.1) is 9.82 Å². The minimum absolute atomic E-state index is 0.101. The summed E-state index contributed by atoms with van der Waals surface area (Å²) in [5.74, 6) is -0.205. The lowest BCUT2D eigenvalue weighted by molar-refractivity contribution is -0.384. The average Bonchev–Trinajstić information content (AvgIpc) is 3.20. The number of nitrogens with zero attached hydrogens (tertiary/aromatic N) is 3. The van der Waals surface area contributed by atoms with Crippen molar-refractivity contribution in [2.45, 2.75) is 55.1 Å². The molecule has 0 saturated carbocycles. The van der Waals surface area contributed by atoms with E-state index in [0.717, 1.165) is 54.9 Å². The third-order valence-electron chi connectivity index (χ3n) is 9.84. The summed E-state index contributed by atoms with van der Waals surface area (Å²) in [7, 11) is -4.44. The molecule has 6 rings (SSSR count). The molecule has 0 unspecified atom stereocenters. The first-order valence-electron chi connectivity index (χ1n) is 19.2. The van der Waals surface area contributed by atoms with Crippen molar-refractivity contribution in [2.24, 2.45) is 0 Å². The van der Waals surface area contributed by atoms with Gasteiger partial charge in [0.1, 0.15) is 5.69 Å². The van der Waals surface area contributed by atoms with Crippen molar-refractivity contribution >= 4 is 56.4 Å². The zero-order valence-corrected chi connectivity index (χ0v) is 35.2. The minimum Gasteiger partial charge on any atom is -0.376 e. The number of nitrogens with one attached hydrogen (secondary N) is 3. The number of hydrogen-bond acceptors (Lipinski definition) is 10. The van der Waals surface area contributed by atoms with Gasteiger partial charge in [0.15, 0.2) is 0 Å². The second-order valence-electron chi connectivity index (χ2n) is 15.3. The Morgan fingerprint density at radius 2 is 1.55 bits per heavy atom. The fraction of sp³-hybridized carbons (Fsp3) is 0.295. The lowest BCUT2D eigenvalue weighted by Gasteiger charge is -2.36. The molecule has 14 heteroatoms. The monoisotopic (exact) mass is 840 g/mol. The number of nitro groups is 1. The SMILES string of the molecule is CC(C)(C)NCC[C@H](CSc1ccccc1)Nc1ccc(S(=O)(=O)NC(=O)c2ccc(N3CCN(Cc4ccccc4-c4ccc(Cl)cc4)CC3)cc2)cc1[N+](=O)[O-]. The maximum Gasteiger partial charge on any atom is 0.293 e. The number of piperazine rings is 1. The van der Waals surface area contributed by atoms with Gasteiger partial charge in [-0.15, -0.1) is 11.8 Å². The second-order valence-corrected chi connectivity index (χ2v) is 18.5. The van der Waals surface area contributed by atoms with Crippen molar-refractivity contribution in [3.8, 4) is 11.1 Å². The summed E-state index contributed by atoms with van der Waals surface area (Å²) in [4.78, 5) is 30.2. The highest BCUT2D eigenvalue weighted by atomic mass is 35.5. The number of sulfonamides is 1. The first-order valence-corrected chi connectivity index (χ1v) is 22.0. The second kappa shape index (κ2) is 19.2. The van der Waals surface area contributed by atoms with Gasteiger partial charge < -0.3 is 15.5 Å². The first-order chi connectivity index (χ1) is 27.7. The summed E-state index contributed by atoms with van der Waals surface area (Å²) >= 11 is 7.75. The van der Waals surface area contributed by atoms with Crippen molar-refractivity contribution in [1.29, 1.82) is 0 Å².